The minimum Gasteiger partial charge on any atom is -0.494 e. The van der Waals surface area contributed by atoms with Crippen molar-refractivity contribution in [3.05, 3.63) is 36.3 Å². The second-order valence-electron chi connectivity index (χ2n) is 6.85. The number of imidazole rings is 1. The van der Waals surface area contributed by atoms with E-state index in [4.69, 9.17) is 10.5 Å². The summed E-state index contributed by atoms with van der Waals surface area (Å²) in [6.07, 6.45) is 9.38. The third kappa shape index (κ3) is 5.87. The highest BCUT2D eigenvalue weighted by Crippen LogP contribution is 2.23. The molecule has 1 aromatic carbocycles. The molecule has 4 N–H and O–H groups in total. The molecule has 0 aliphatic rings. The van der Waals surface area contributed by atoms with Crippen LogP contribution in [0.5, 0.6) is 5.75 Å². The summed E-state index contributed by atoms with van der Waals surface area (Å²) >= 11 is 0. The van der Waals surface area contributed by atoms with Crippen LogP contribution in [0.15, 0.2) is 30.5 Å². The molecule has 25 heavy (non-hydrogen) atoms. The fourth-order valence-electron chi connectivity index (χ4n) is 2.63. The molecule has 2 rings (SSSR count). The first-order valence-corrected chi connectivity index (χ1v) is 9.25. The minimum absolute atomic E-state index is 0.162. The number of hydrogen-bond acceptors (Lipinski definition) is 4. The lowest BCUT2D eigenvalue weighted by Crippen LogP contribution is -2.38. The summed E-state index contributed by atoms with van der Waals surface area (Å²) in [5.74, 6) is 1.46. The number of nitrogens with zero attached hydrogens (tertiary/aromatic N) is 1. The molecular formula is C20H31N3O2. The summed E-state index contributed by atoms with van der Waals surface area (Å²) in [5, 5.41) is 9.33. The average molecular weight is 345 g/mol. The maximum atomic E-state index is 9.33. The van der Waals surface area contributed by atoms with Crippen LogP contribution in [-0.4, -0.2) is 28.3 Å². The number of hydrogen-bond donors (Lipinski definition) is 3. The molecule has 0 bridgehead atoms. The fourth-order valence-corrected chi connectivity index (χ4v) is 2.63. The molecule has 0 unspecified atom stereocenters. The lowest BCUT2D eigenvalue weighted by Gasteiger charge is -2.18. The van der Waals surface area contributed by atoms with E-state index < -0.39 is 5.54 Å². The van der Waals surface area contributed by atoms with Crippen LogP contribution >= 0.6 is 0 Å². The zero-order valence-electron chi connectivity index (χ0n) is 15.4. The molecule has 0 amide bonds. The zero-order valence-corrected chi connectivity index (χ0v) is 15.4. The third-order valence-electron chi connectivity index (χ3n) is 4.36. The van der Waals surface area contributed by atoms with E-state index in [1.54, 1.807) is 6.92 Å². The smallest absolute Gasteiger partial charge is 0.129 e. The first-order chi connectivity index (χ1) is 12.1. The fraction of sp³-hybridized carbons (Fsp3) is 0.550. The van der Waals surface area contributed by atoms with Gasteiger partial charge in [0, 0.05) is 11.8 Å². The van der Waals surface area contributed by atoms with Gasteiger partial charge in [-0.1, -0.05) is 39.0 Å². The van der Waals surface area contributed by atoms with Crippen LogP contribution in [-0.2, 0) is 5.54 Å². The summed E-state index contributed by atoms with van der Waals surface area (Å²) < 4.78 is 5.80. The van der Waals surface area contributed by atoms with Crippen molar-refractivity contribution in [2.45, 2.75) is 57.9 Å². The van der Waals surface area contributed by atoms with E-state index in [-0.39, 0.29) is 6.61 Å². The molecule has 5 nitrogen and oxygen atoms in total. The van der Waals surface area contributed by atoms with Crippen molar-refractivity contribution < 1.29 is 9.84 Å². The Labute approximate surface area is 150 Å². The normalized spacial score (nSPS) is 13.6. The first-order valence-electron chi connectivity index (χ1n) is 9.25. The molecule has 5 heteroatoms. The molecule has 2 aromatic rings. The monoisotopic (exact) mass is 345 g/mol. The van der Waals surface area contributed by atoms with E-state index in [1.165, 1.54) is 32.1 Å². The Balaban J connectivity index is 1.82. The number of nitrogens with two attached hydrogens (primary N) is 1. The van der Waals surface area contributed by atoms with Crippen molar-refractivity contribution in [2.24, 2.45) is 5.73 Å². The first kappa shape index (κ1) is 19.5. The molecule has 138 valence electrons. The van der Waals surface area contributed by atoms with E-state index in [0.29, 0.717) is 5.82 Å². The summed E-state index contributed by atoms with van der Waals surface area (Å²) in [7, 11) is 0. The molecule has 0 fully saturated rings. The number of nitrogens with one attached hydrogen (secondary N) is 1. The van der Waals surface area contributed by atoms with Gasteiger partial charge in [-0.25, -0.2) is 4.98 Å². The number of aliphatic hydroxyl groups excluding tert-OH is 1. The Morgan fingerprint density at radius 3 is 2.48 bits per heavy atom. The highest BCUT2D eigenvalue weighted by atomic mass is 16.5. The molecule has 0 aliphatic heterocycles. The van der Waals surface area contributed by atoms with Crippen LogP contribution in [0.25, 0.3) is 11.3 Å². The van der Waals surface area contributed by atoms with E-state index in [0.717, 1.165) is 30.0 Å². The molecule has 1 heterocycles. The zero-order chi connectivity index (χ0) is 18.1. The largest absolute Gasteiger partial charge is 0.494 e. The van der Waals surface area contributed by atoms with Crippen molar-refractivity contribution in [3.8, 4) is 17.0 Å². The summed E-state index contributed by atoms with van der Waals surface area (Å²) in [4.78, 5) is 7.53. The highest BCUT2D eigenvalue weighted by Gasteiger charge is 2.23. The molecule has 1 atom stereocenters. The molecule has 0 aliphatic carbocycles. The molecule has 0 spiro atoms. The SMILES string of the molecule is CCCCCCCCOc1ccc(-c2c[nH]c([C@@](C)(N)CO)n2)cc1. The van der Waals surface area contributed by atoms with Crippen LogP contribution in [0.1, 0.15) is 58.2 Å². The van der Waals surface area contributed by atoms with Gasteiger partial charge in [0.1, 0.15) is 11.6 Å². The maximum absolute atomic E-state index is 9.33. The molecular weight excluding hydrogens is 314 g/mol. The maximum Gasteiger partial charge on any atom is 0.129 e. The van der Waals surface area contributed by atoms with Crippen molar-refractivity contribution in [1.29, 1.82) is 0 Å². The number of aromatic nitrogens is 2. The van der Waals surface area contributed by atoms with Gasteiger partial charge in [-0.2, -0.15) is 0 Å². The van der Waals surface area contributed by atoms with Gasteiger partial charge in [-0.05, 0) is 37.6 Å². The van der Waals surface area contributed by atoms with E-state index >= 15 is 0 Å². The van der Waals surface area contributed by atoms with Gasteiger partial charge in [0.05, 0.1) is 24.4 Å². The van der Waals surface area contributed by atoms with Gasteiger partial charge >= 0.3 is 0 Å². The van der Waals surface area contributed by atoms with Crippen molar-refractivity contribution in [1.82, 2.24) is 9.97 Å². The van der Waals surface area contributed by atoms with Crippen LogP contribution in [0.4, 0.5) is 0 Å². The van der Waals surface area contributed by atoms with Gasteiger partial charge in [-0.3, -0.25) is 0 Å². The van der Waals surface area contributed by atoms with Crippen molar-refractivity contribution in [2.75, 3.05) is 13.2 Å². The predicted octanol–water partition coefficient (Wildman–Crippen LogP) is 3.98. The predicted molar refractivity (Wildman–Crippen MR) is 102 cm³/mol. The Hall–Kier alpha value is -1.85. The van der Waals surface area contributed by atoms with Crippen molar-refractivity contribution >= 4 is 0 Å². The number of aliphatic hydroxyl groups is 1. The van der Waals surface area contributed by atoms with Gasteiger partial charge in [0.15, 0.2) is 0 Å². The summed E-state index contributed by atoms with van der Waals surface area (Å²) in [5.41, 5.74) is 6.93. The Bertz CT molecular complexity index is 620. The van der Waals surface area contributed by atoms with Gasteiger partial charge < -0.3 is 20.6 Å². The number of aromatic amines is 1. The number of ether oxygens (including phenoxy) is 1. The number of H-pyrrole nitrogens is 1. The van der Waals surface area contributed by atoms with Crippen LogP contribution < -0.4 is 10.5 Å². The molecule has 1 aromatic heterocycles. The van der Waals surface area contributed by atoms with Crippen LogP contribution in [0.3, 0.4) is 0 Å². The number of rotatable bonds is 11. The Kier molecular flexibility index (Phi) is 7.47. The van der Waals surface area contributed by atoms with Gasteiger partial charge in [-0.15, -0.1) is 0 Å². The van der Waals surface area contributed by atoms with Crippen molar-refractivity contribution in [3.63, 3.8) is 0 Å². The Morgan fingerprint density at radius 2 is 1.80 bits per heavy atom. The second-order valence-corrected chi connectivity index (χ2v) is 6.85. The summed E-state index contributed by atoms with van der Waals surface area (Å²) in [6, 6.07) is 7.91. The standard InChI is InChI=1S/C20H31N3O2/c1-3-4-5-6-7-8-13-25-17-11-9-16(10-12-17)18-14-22-19(23-18)20(2,21)15-24/h9-12,14,24H,3-8,13,15,21H2,1-2H3,(H,22,23)/t20-/m0/s1. The number of benzene rings is 1. The Morgan fingerprint density at radius 1 is 1.12 bits per heavy atom. The number of unbranched alkanes of at least 4 members (excludes halogenated alkanes) is 5. The topological polar surface area (TPSA) is 84.2 Å². The average Bonchev–Trinajstić information content (AvgIpc) is 3.12. The molecule has 0 radical (unpaired) electrons. The molecule has 0 saturated heterocycles. The summed E-state index contributed by atoms with van der Waals surface area (Å²) in [6.45, 7) is 4.58. The third-order valence-corrected chi connectivity index (χ3v) is 4.36. The van der Waals surface area contributed by atoms with Gasteiger partial charge in [0.2, 0.25) is 0 Å². The van der Waals surface area contributed by atoms with Crippen LogP contribution in [0, 0.1) is 0 Å². The minimum atomic E-state index is -0.863. The van der Waals surface area contributed by atoms with Crippen LogP contribution in [0.2, 0.25) is 0 Å². The molecule has 0 saturated carbocycles. The lowest BCUT2D eigenvalue weighted by molar-refractivity contribution is 0.204. The highest BCUT2D eigenvalue weighted by molar-refractivity contribution is 5.59. The van der Waals surface area contributed by atoms with Gasteiger partial charge in [0.25, 0.3) is 0 Å². The quantitative estimate of drug-likeness (QED) is 0.538. The van der Waals surface area contributed by atoms with E-state index in [1.807, 2.05) is 30.5 Å². The lowest BCUT2D eigenvalue weighted by atomic mass is 10.1. The second kappa shape index (κ2) is 9.59. The van der Waals surface area contributed by atoms with E-state index in [9.17, 15) is 5.11 Å². The van der Waals surface area contributed by atoms with E-state index in [2.05, 4.69) is 16.9 Å².